The van der Waals surface area contributed by atoms with Gasteiger partial charge < -0.3 is 5.11 Å². The Morgan fingerprint density at radius 2 is 1.82 bits per heavy atom. The second kappa shape index (κ2) is 5.35. The van der Waals surface area contributed by atoms with Crippen LogP contribution in [0.15, 0.2) is 35.5 Å². The van der Waals surface area contributed by atoms with Crippen LogP contribution in [0, 0.1) is 0 Å². The molecule has 0 aliphatic rings. The first-order valence-corrected chi connectivity index (χ1v) is 5.69. The predicted molar refractivity (Wildman–Crippen MR) is 61.4 cm³/mol. The van der Waals surface area contributed by atoms with E-state index in [-0.39, 0.29) is 5.75 Å². The lowest BCUT2D eigenvalue weighted by molar-refractivity contribution is -0.133. The summed E-state index contributed by atoms with van der Waals surface area (Å²) in [6.45, 7) is 0. The van der Waals surface area contributed by atoms with Gasteiger partial charge in [-0.2, -0.15) is 0 Å². The van der Waals surface area contributed by atoms with Crippen LogP contribution >= 0.6 is 11.8 Å². The lowest BCUT2D eigenvalue weighted by Gasteiger charge is -2.00. The Morgan fingerprint density at radius 1 is 1.18 bits per heavy atom. The molecule has 1 aromatic heterocycles. The van der Waals surface area contributed by atoms with Gasteiger partial charge in [0.1, 0.15) is 0 Å². The average molecular weight is 248 g/mol. The van der Waals surface area contributed by atoms with Gasteiger partial charge in [-0.15, -0.1) is 32.2 Å². The van der Waals surface area contributed by atoms with Gasteiger partial charge in [0.25, 0.3) is 0 Å². The zero-order valence-electron chi connectivity index (χ0n) is 8.65. The fourth-order valence-electron chi connectivity index (χ4n) is 1.16. The summed E-state index contributed by atoms with van der Waals surface area (Å²) in [5.41, 5.74) is 0.797. The van der Waals surface area contributed by atoms with Crippen LogP contribution in [0.25, 0.3) is 11.4 Å². The van der Waals surface area contributed by atoms with Crippen molar-refractivity contribution in [1.29, 1.82) is 0 Å². The minimum Gasteiger partial charge on any atom is -0.481 e. The molecule has 0 saturated heterocycles. The molecule has 0 aliphatic heterocycles. The van der Waals surface area contributed by atoms with Gasteiger partial charge in [-0.3, -0.25) is 4.79 Å². The van der Waals surface area contributed by atoms with Gasteiger partial charge in [0, 0.05) is 10.5 Å². The number of hydrogen-bond donors (Lipinski definition) is 1. The van der Waals surface area contributed by atoms with E-state index in [0.29, 0.717) is 5.82 Å². The fourth-order valence-corrected chi connectivity index (χ4v) is 1.78. The number of carboxylic acid groups (broad SMARTS) is 1. The summed E-state index contributed by atoms with van der Waals surface area (Å²) < 4.78 is 0. The van der Waals surface area contributed by atoms with Crippen LogP contribution in [-0.4, -0.2) is 37.2 Å². The third-order valence-electron chi connectivity index (χ3n) is 1.88. The SMILES string of the molecule is O=C(O)CSc1ccc(-c2nncnn2)cc1. The predicted octanol–water partition coefficient (Wildman–Crippen LogP) is 1.11. The van der Waals surface area contributed by atoms with Gasteiger partial charge in [0.2, 0.25) is 5.82 Å². The molecule has 1 aromatic carbocycles. The van der Waals surface area contributed by atoms with Crippen LogP contribution < -0.4 is 0 Å². The first-order valence-electron chi connectivity index (χ1n) is 4.71. The van der Waals surface area contributed by atoms with Crippen molar-refractivity contribution in [1.82, 2.24) is 20.4 Å². The average Bonchev–Trinajstić information content (AvgIpc) is 2.38. The van der Waals surface area contributed by atoms with Gasteiger partial charge in [-0.05, 0) is 24.3 Å². The molecule has 1 heterocycles. The molecule has 0 aliphatic carbocycles. The number of aliphatic carboxylic acids is 1. The minimum absolute atomic E-state index is 0.0459. The minimum atomic E-state index is -0.834. The molecule has 0 amide bonds. The summed E-state index contributed by atoms with van der Waals surface area (Å²) in [7, 11) is 0. The molecule has 0 unspecified atom stereocenters. The maximum absolute atomic E-state index is 10.4. The van der Waals surface area contributed by atoms with E-state index >= 15 is 0 Å². The van der Waals surface area contributed by atoms with Gasteiger partial charge in [-0.25, -0.2) is 0 Å². The van der Waals surface area contributed by atoms with Crippen LogP contribution in [0.2, 0.25) is 0 Å². The Morgan fingerprint density at radius 3 is 2.41 bits per heavy atom. The highest BCUT2D eigenvalue weighted by Crippen LogP contribution is 2.21. The van der Waals surface area contributed by atoms with E-state index in [4.69, 9.17) is 5.11 Å². The van der Waals surface area contributed by atoms with Crippen LogP contribution in [0.1, 0.15) is 0 Å². The van der Waals surface area contributed by atoms with E-state index in [9.17, 15) is 4.79 Å². The Hall–Kier alpha value is -2.02. The van der Waals surface area contributed by atoms with Crippen molar-refractivity contribution in [3.63, 3.8) is 0 Å². The summed E-state index contributed by atoms with van der Waals surface area (Å²) in [5, 5.41) is 23.5. The monoisotopic (exact) mass is 248 g/mol. The summed E-state index contributed by atoms with van der Waals surface area (Å²) >= 11 is 1.26. The first-order chi connectivity index (χ1) is 8.25. The Balaban J connectivity index is 2.11. The van der Waals surface area contributed by atoms with E-state index < -0.39 is 5.97 Å². The Kier molecular flexibility index (Phi) is 3.61. The number of carbonyl (C=O) groups is 1. The van der Waals surface area contributed by atoms with Crippen LogP contribution in [0.5, 0.6) is 0 Å². The van der Waals surface area contributed by atoms with Crippen molar-refractivity contribution in [2.24, 2.45) is 0 Å². The first kappa shape index (κ1) is 11.5. The molecular weight excluding hydrogens is 240 g/mol. The normalized spacial score (nSPS) is 10.1. The highest BCUT2D eigenvalue weighted by Gasteiger charge is 2.03. The third-order valence-corrected chi connectivity index (χ3v) is 2.88. The van der Waals surface area contributed by atoms with E-state index in [0.717, 1.165) is 10.5 Å². The van der Waals surface area contributed by atoms with Crippen molar-refractivity contribution in [2.75, 3.05) is 5.75 Å². The van der Waals surface area contributed by atoms with Crippen molar-refractivity contribution in [2.45, 2.75) is 4.90 Å². The lowest BCUT2D eigenvalue weighted by atomic mass is 10.2. The number of carboxylic acids is 1. The molecular formula is C10H8N4O2S. The zero-order valence-corrected chi connectivity index (χ0v) is 9.46. The number of thioether (sulfide) groups is 1. The molecule has 0 spiro atoms. The Labute approximate surface area is 101 Å². The summed E-state index contributed by atoms with van der Waals surface area (Å²) in [4.78, 5) is 11.3. The molecule has 1 N–H and O–H groups in total. The van der Waals surface area contributed by atoms with Crippen LogP contribution in [-0.2, 0) is 4.79 Å². The number of hydrogen-bond acceptors (Lipinski definition) is 6. The maximum atomic E-state index is 10.4. The second-order valence-electron chi connectivity index (χ2n) is 3.08. The topological polar surface area (TPSA) is 88.9 Å². The molecule has 17 heavy (non-hydrogen) atoms. The Bertz CT molecular complexity index is 503. The number of benzene rings is 1. The highest BCUT2D eigenvalue weighted by molar-refractivity contribution is 8.00. The molecule has 7 heteroatoms. The summed E-state index contributed by atoms with van der Waals surface area (Å²) in [6, 6.07) is 7.25. The van der Waals surface area contributed by atoms with Crippen LogP contribution in [0.4, 0.5) is 0 Å². The maximum Gasteiger partial charge on any atom is 0.313 e. The number of rotatable bonds is 4. The molecule has 2 aromatic rings. The standard InChI is InChI=1S/C10H8N4O2S/c15-9(16)5-17-8-3-1-7(2-4-8)10-13-11-6-12-14-10/h1-4,6H,5H2,(H,15,16). The molecule has 0 bridgehead atoms. The second-order valence-corrected chi connectivity index (χ2v) is 4.13. The largest absolute Gasteiger partial charge is 0.481 e. The van der Waals surface area contributed by atoms with Gasteiger partial charge >= 0.3 is 5.97 Å². The van der Waals surface area contributed by atoms with Crippen molar-refractivity contribution in [3.05, 3.63) is 30.6 Å². The van der Waals surface area contributed by atoms with Gasteiger partial charge in [-0.1, -0.05) is 0 Å². The molecule has 0 atom stereocenters. The zero-order chi connectivity index (χ0) is 12.1. The summed E-state index contributed by atoms with van der Waals surface area (Å²) in [5.74, 6) is -0.342. The number of nitrogens with zero attached hydrogens (tertiary/aromatic N) is 4. The van der Waals surface area contributed by atoms with Crippen LogP contribution in [0.3, 0.4) is 0 Å². The quantitative estimate of drug-likeness (QED) is 0.810. The highest BCUT2D eigenvalue weighted by atomic mass is 32.2. The molecule has 6 nitrogen and oxygen atoms in total. The molecule has 0 radical (unpaired) electrons. The summed E-state index contributed by atoms with van der Waals surface area (Å²) in [6.07, 6.45) is 1.26. The van der Waals surface area contributed by atoms with E-state index in [2.05, 4.69) is 20.4 Å². The van der Waals surface area contributed by atoms with Crippen molar-refractivity contribution < 1.29 is 9.90 Å². The lowest BCUT2D eigenvalue weighted by Crippen LogP contribution is -1.97. The molecule has 0 fully saturated rings. The van der Waals surface area contributed by atoms with Gasteiger partial charge in [0.15, 0.2) is 6.33 Å². The molecule has 86 valence electrons. The van der Waals surface area contributed by atoms with E-state index in [1.54, 1.807) is 0 Å². The van der Waals surface area contributed by atoms with Gasteiger partial charge in [0.05, 0.1) is 5.75 Å². The van der Waals surface area contributed by atoms with E-state index in [1.807, 2.05) is 24.3 Å². The van der Waals surface area contributed by atoms with Crippen molar-refractivity contribution >= 4 is 17.7 Å². The smallest absolute Gasteiger partial charge is 0.313 e. The molecule has 2 rings (SSSR count). The fraction of sp³-hybridized carbons (Fsp3) is 0.100. The third kappa shape index (κ3) is 3.22. The molecule has 0 saturated carbocycles. The van der Waals surface area contributed by atoms with Crippen molar-refractivity contribution in [3.8, 4) is 11.4 Å². The number of aromatic nitrogens is 4. The van der Waals surface area contributed by atoms with E-state index in [1.165, 1.54) is 18.1 Å².